The molecule has 2 aromatic rings. The molecule has 2 N–H and O–H groups in total. The maximum Gasteiger partial charge on any atom is 0.357 e. The van der Waals surface area contributed by atoms with Crippen LogP contribution in [-0.2, 0) is 16.2 Å². The van der Waals surface area contributed by atoms with Crippen molar-refractivity contribution in [3.05, 3.63) is 77.5 Å². The van der Waals surface area contributed by atoms with Crippen molar-refractivity contribution < 1.29 is 19.2 Å². The normalized spacial score (nSPS) is 10.7. The summed E-state index contributed by atoms with van der Waals surface area (Å²) in [5, 5.41) is 3.10. The SMILES string of the molecule is COc1ccc(C(=O)NOC(=O)/C=C(/C)NCc2ccccc2)cc1. The zero-order valence-corrected chi connectivity index (χ0v) is 14.1. The molecule has 0 aliphatic heterocycles. The molecular formula is C19H20N2O4. The van der Waals surface area contributed by atoms with Crippen LogP contribution >= 0.6 is 0 Å². The fourth-order valence-electron chi connectivity index (χ4n) is 1.99. The van der Waals surface area contributed by atoms with Gasteiger partial charge in [0.15, 0.2) is 0 Å². The Hall–Kier alpha value is -3.28. The minimum absolute atomic E-state index is 0.358. The molecule has 0 bridgehead atoms. The van der Waals surface area contributed by atoms with Crippen molar-refractivity contribution in [1.29, 1.82) is 0 Å². The van der Waals surface area contributed by atoms with E-state index < -0.39 is 11.9 Å². The molecule has 6 nitrogen and oxygen atoms in total. The van der Waals surface area contributed by atoms with Gasteiger partial charge in [0, 0.05) is 23.9 Å². The van der Waals surface area contributed by atoms with Crippen LogP contribution < -0.4 is 15.5 Å². The molecular weight excluding hydrogens is 320 g/mol. The van der Waals surface area contributed by atoms with Gasteiger partial charge in [-0.3, -0.25) is 4.79 Å². The van der Waals surface area contributed by atoms with E-state index in [-0.39, 0.29) is 0 Å². The van der Waals surface area contributed by atoms with Crippen LogP contribution in [0.5, 0.6) is 5.75 Å². The van der Waals surface area contributed by atoms with Gasteiger partial charge in [-0.05, 0) is 36.8 Å². The van der Waals surface area contributed by atoms with Crippen LogP contribution in [0.25, 0.3) is 0 Å². The summed E-state index contributed by atoms with van der Waals surface area (Å²) in [5.41, 5.74) is 4.20. The zero-order valence-electron chi connectivity index (χ0n) is 14.1. The van der Waals surface area contributed by atoms with E-state index >= 15 is 0 Å². The summed E-state index contributed by atoms with van der Waals surface area (Å²) in [6.07, 6.45) is 1.28. The molecule has 2 aromatic carbocycles. The van der Waals surface area contributed by atoms with Crippen LogP contribution in [0.3, 0.4) is 0 Å². The Morgan fingerprint density at radius 1 is 1.04 bits per heavy atom. The first-order valence-corrected chi connectivity index (χ1v) is 7.70. The molecule has 25 heavy (non-hydrogen) atoms. The fraction of sp³-hybridized carbons (Fsp3) is 0.158. The predicted molar refractivity (Wildman–Crippen MR) is 93.6 cm³/mol. The van der Waals surface area contributed by atoms with E-state index in [1.54, 1.807) is 31.2 Å². The lowest BCUT2D eigenvalue weighted by Crippen LogP contribution is -2.26. The summed E-state index contributed by atoms with van der Waals surface area (Å²) in [7, 11) is 1.54. The number of nitrogens with one attached hydrogen (secondary N) is 2. The van der Waals surface area contributed by atoms with Crippen LogP contribution in [0.4, 0.5) is 0 Å². The lowest BCUT2D eigenvalue weighted by molar-refractivity contribution is -0.142. The van der Waals surface area contributed by atoms with Crippen LogP contribution in [0, 0.1) is 0 Å². The largest absolute Gasteiger partial charge is 0.497 e. The summed E-state index contributed by atoms with van der Waals surface area (Å²) in [4.78, 5) is 28.4. The second-order valence-electron chi connectivity index (χ2n) is 5.25. The maximum atomic E-state index is 11.9. The second kappa shape index (κ2) is 9.12. The van der Waals surface area contributed by atoms with Gasteiger partial charge in [0.05, 0.1) is 7.11 Å². The van der Waals surface area contributed by atoms with Crippen molar-refractivity contribution in [3.63, 3.8) is 0 Å². The van der Waals surface area contributed by atoms with Crippen LogP contribution in [0.2, 0.25) is 0 Å². The van der Waals surface area contributed by atoms with E-state index in [0.717, 1.165) is 5.56 Å². The van der Waals surface area contributed by atoms with Crippen LogP contribution in [-0.4, -0.2) is 19.0 Å². The molecule has 130 valence electrons. The van der Waals surface area contributed by atoms with Crippen LogP contribution in [0.1, 0.15) is 22.8 Å². The Kier molecular flexibility index (Phi) is 6.59. The van der Waals surface area contributed by atoms with Gasteiger partial charge < -0.3 is 14.9 Å². The Balaban J connectivity index is 1.79. The van der Waals surface area contributed by atoms with E-state index in [1.807, 2.05) is 30.3 Å². The number of hydrogen-bond acceptors (Lipinski definition) is 5. The zero-order chi connectivity index (χ0) is 18.1. The van der Waals surface area contributed by atoms with Gasteiger partial charge in [0.2, 0.25) is 0 Å². The number of carbonyl (C=O) groups is 2. The number of hydroxylamine groups is 1. The van der Waals surface area contributed by atoms with Crippen molar-refractivity contribution in [2.24, 2.45) is 0 Å². The predicted octanol–water partition coefficient (Wildman–Crippen LogP) is 2.58. The van der Waals surface area contributed by atoms with Crippen molar-refractivity contribution in [2.75, 3.05) is 7.11 Å². The van der Waals surface area contributed by atoms with Gasteiger partial charge in [0.1, 0.15) is 5.75 Å². The van der Waals surface area contributed by atoms with Crippen LogP contribution in [0.15, 0.2) is 66.4 Å². The summed E-state index contributed by atoms with van der Waals surface area (Å²) in [6, 6.07) is 16.2. The quantitative estimate of drug-likeness (QED) is 0.624. The molecule has 0 aliphatic carbocycles. The number of hydrogen-bond donors (Lipinski definition) is 2. The number of ether oxygens (including phenoxy) is 1. The van der Waals surface area contributed by atoms with E-state index in [4.69, 9.17) is 9.57 Å². The van der Waals surface area contributed by atoms with Crippen molar-refractivity contribution in [2.45, 2.75) is 13.5 Å². The number of amides is 1. The van der Waals surface area contributed by atoms with E-state index in [1.165, 1.54) is 13.2 Å². The third-order valence-electron chi connectivity index (χ3n) is 3.35. The molecule has 0 atom stereocenters. The Morgan fingerprint density at radius 2 is 1.72 bits per heavy atom. The molecule has 0 unspecified atom stereocenters. The van der Waals surface area contributed by atoms with Crippen molar-refractivity contribution in [1.82, 2.24) is 10.8 Å². The molecule has 0 aliphatic rings. The highest BCUT2D eigenvalue weighted by Gasteiger charge is 2.08. The highest BCUT2D eigenvalue weighted by atomic mass is 16.7. The first-order chi connectivity index (χ1) is 12.1. The Morgan fingerprint density at radius 3 is 2.36 bits per heavy atom. The first-order valence-electron chi connectivity index (χ1n) is 7.70. The Labute approximate surface area is 146 Å². The number of rotatable bonds is 6. The molecule has 2 rings (SSSR count). The fourth-order valence-corrected chi connectivity index (χ4v) is 1.99. The topological polar surface area (TPSA) is 76.7 Å². The third-order valence-corrected chi connectivity index (χ3v) is 3.35. The molecule has 1 amide bonds. The standard InChI is InChI=1S/C19H20N2O4/c1-14(20-13-15-6-4-3-5-7-15)12-18(22)25-21-19(23)16-8-10-17(24-2)11-9-16/h3-12,20H,13H2,1-2H3,(H,21,23)/b14-12-. The molecule has 0 aromatic heterocycles. The smallest absolute Gasteiger partial charge is 0.357 e. The molecule has 0 saturated carbocycles. The minimum atomic E-state index is -0.667. The Bertz CT molecular complexity index is 740. The number of allylic oxidation sites excluding steroid dienone is 1. The lowest BCUT2D eigenvalue weighted by atomic mass is 10.2. The van der Waals surface area contributed by atoms with E-state index in [9.17, 15) is 9.59 Å². The minimum Gasteiger partial charge on any atom is -0.497 e. The van der Waals surface area contributed by atoms with Gasteiger partial charge in [-0.25, -0.2) is 4.79 Å². The highest BCUT2D eigenvalue weighted by molar-refractivity contribution is 5.94. The molecule has 0 spiro atoms. The van der Waals surface area contributed by atoms with Crippen molar-refractivity contribution >= 4 is 11.9 Å². The third kappa shape index (κ3) is 6.02. The average molecular weight is 340 g/mol. The molecule has 0 radical (unpaired) electrons. The second-order valence-corrected chi connectivity index (χ2v) is 5.25. The summed E-state index contributed by atoms with van der Waals surface area (Å²) in [6.45, 7) is 2.34. The van der Waals surface area contributed by atoms with Gasteiger partial charge in [-0.15, -0.1) is 0 Å². The lowest BCUT2D eigenvalue weighted by Gasteiger charge is -2.07. The molecule has 6 heteroatoms. The summed E-state index contributed by atoms with van der Waals surface area (Å²) >= 11 is 0. The summed E-state index contributed by atoms with van der Waals surface area (Å²) in [5.74, 6) is -0.546. The average Bonchev–Trinajstić information content (AvgIpc) is 2.65. The molecule has 0 heterocycles. The van der Waals surface area contributed by atoms with E-state index in [2.05, 4.69) is 10.8 Å². The first kappa shape index (κ1) is 18.1. The molecule has 0 saturated heterocycles. The number of carbonyl (C=O) groups excluding carboxylic acids is 2. The number of benzene rings is 2. The molecule has 0 fully saturated rings. The van der Waals surface area contributed by atoms with Crippen molar-refractivity contribution in [3.8, 4) is 5.75 Å². The number of methoxy groups -OCH3 is 1. The van der Waals surface area contributed by atoms with Gasteiger partial charge in [-0.1, -0.05) is 30.3 Å². The maximum absolute atomic E-state index is 11.9. The monoisotopic (exact) mass is 340 g/mol. The van der Waals surface area contributed by atoms with Gasteiger partial charge >= 0.3 is 5.97 Å². The van der Waals surface area contributed by atoms with E-state index in [0.29, 0.717) is 23.6 Å². The highest BCUT2D eigenvalue weighted by Crippen LogP contribution is 2.11. The van der Waals surface area contributed by atoms with Gasteiger partial charge in [-0.2, -0.15) is 5.48 Å². The van der Waals surface area contributed by atoms with Gasteiger partial charge in [0.25, 0.3) is 5.91 Å². The summed E-state index contributed by atoms with van der Waals surface area (Å²) < 4.78 is 5.01.